The molecule has 3 fully saturated rings. The standard InChI is InChI=1S/C19H25BrO2/c1-18-8-3-4-12(18)11-10-15(20)14-5-6-16(21)17(22)19(14,2)13(11)7-9-18/h5-6,11-15H,3-4,7-10H2,1-2H3/t11-,12-,13-,14?,15?,18-,19+/m0/s1. The lowest BCUT2D eigenvalue weighted by Gasteiger charge is -2.58. The maximum absolute atomic E-state index is 12.8. The molecule has 7 atom stereocenters. The molecule has 0 heterocycles. The van der Waals surface area contributed by atoms with E-state index < -0.39 is 5.41 Å². The molecule has 4 aliphatic rings. The Morgan fingerprint density at radius 1 is 1.14 bits per heavy atom. The van der Waals surface area contributed by atoms with Crippen molar-refractivity contribution < 1.29 is 9.59 Å². The molecule has 2 unspecified atom stereocenters. The molecule has 2 nitrogen and oxygen atoms in total. The first-order valence-corrected chi connectivity index (χ1v) is 9.70. The van der Waals surface area contributed by atoms with E-state index in [9.17, 15) is 9.59 Å². The maximum atomic E-state index is 12.8. The van der Waals surface area contributed by atoms with Crippen LogP contribution < -0.4 is 0 Å². The molecular formula is C19H25BrO2. The van der Waals surface area contributed by atoms with Gasteiger partial charge in [-0.3, -0.25) is 9.59 Å². The Morgan fingerprint density at radius 2 is 1.91 bits per heavy atom. The quantitative estimate of drug-likeness (QED) is 0.473. The van der Waals surface area contributed by atoms with E-state index in [1.165, 1.54) is 31.8 Å². The zero-order valence-electron chi connectivity index (χ0n) is 13.5. The maximum Gasteiger partial charge on any atom is 0.221 e. The van der Waals surface area contributed by atoms with Gasteiger partial charge in [-0.15, -0.1) is 0 Å². The highest BCUT2D eigenvalue weighted by Gasteiger charge is 2.62. The molecule has 4 rings (SSSR count). The van der Waals surface area contributed by atoms with E-state index in [1.54, 1.807) is 0 Å². The first-order valence-electron chi connectivity index (χ1n) is 8.79. The summed E-state index contributed by atoms with van der Waals surface area (Å²) in [7, 11) is 0. The molecule has 4 aliphatic carbocycles. The molecule has 3 heteroatoms. The van der Waals surface area contributed by atoms with Crippen LogP contribution in [-0.4, -0.2) is 16.4 Å². The molecule has 120 valence electrons. The lowest BCUT2D eigenvalue weighted by Crippen LogP contribution is -2.59. The van der Waals surface area contributed by atoms with Gasteiger partial charge in [0.1, 0.15) is 0 Å². The number of rotatable bonds is 0. The van der Waals surface area contributed by atoms with Crippen molar-refractivity contribution in [1.82, 2.24) is 0 Å². The van der Waals surface area contributed by atoms with Crippen molar-refractivity contribution in [2.75, 3.05) is 0 Å². The molecule has 0 aromatic carbocycles. The summed E-state index contributed by atoms with van der Waals surface area (Å²) in [5.74, 6) is 1.53. The lowest BCUT2D eigenvalue weighted by molar-refractivity contribution is -0.153. The Balaban J connectivity index is 1.78. The van der Waals surface area contributed by atoms with Gasteiger partial charge < -0.3 is 0 Å². The Morgan fingerprint density at radius 3 is 2.68 bits per heavy atom. The molecule has 0 amide bonds. The third kappa shape index (κ3) is 1.78. The molecule has 0 aromatic heterocycles. The molecule has 0 radical (unpaired) electrons. The van der Waals surface area contributed by atoms with Gasteiger partial charge in [0.05, 0.1) is 0 Å². The smallest absolute Gasteiger partial charge is 0.221 e. The van der Waals surface area contributed by atoms with E-state index >= 15 is 0 Å². The number of alkyl halides is 1. The van der Waals surface area contributed by atoms with E-state index in [4.69, 9.17) is 0 Å². The molecule has 0 bridgehead atoms. The lowest BCUT2D eigenvalue weighted by atomic mass is 9.46. The second-order valence-electron chi connectivity index (χ2n) is 8.57. The zero-order chi connectivity index (χ0) is 15.7. The number of ketones is 2. The van der Waals surface area contributed by atoms with E-state index in [0.29, 0.717) is 22.1 Å². The average Bonchev–Trinajstić information content (AvgIpc) is 2.86. The fourth-order valence-corrected chi connectivity index (χ4v) is 7.71. The number of hydrogen-bond acceptors (Lipinski definition) is 2. The van der Waals surface area contributed by atoms with Gasteiger partial charge in [0.25, 0.3) is 0 Å². The first-order chi connectivity index (χ1) is 10.4. The van der Waals surface area contributed by atoms with Gasteiger partial charge in [0, 0.05) is 16.2 Å². The van der Waals surface area contributed by atoms with Crippen molar-refractivity contribution in [1.29, 1.82) is 0 Å². The van der Waals surface area contributed by atoms with Crippen molar-refractivity contribution in [2.45, 2.75) is 57.2 Å². The fraction of sp³-hybridized carbons (Fsp3) is 0.789. The number of fused-ring (bicyclic) bond motifs is 5. The minimum Gasteiger partial charge on any atom is -0.290 e. The van der Waals surface area contributed by atoms with Gasteiger partial charge in [0.15, 0.2) is 0 Å². The topological polar surface area (TPSA) is 34.1 Å². The highest BCUT2D eigenvalue weighted by molar-refractivity contribution is 9.09. The zero-order valence-corrected chi connectivity index (χ0v) is 15.1. The second-order valence-corrected chi connectivity index (χ2v) is 9.75. The minimum atomic E-state index is -0.479. The van der Waals surface area contributed by atoms with E-state index in [1.807, 2.05) is 6.08 Å². The van der Waals surface area contributed by atoms with Crippen LogP contribution >= 0.6 is 15.9 Å². The number of hydrogen-bond donors (Lipinski definition) is 0. The summed E-state index contributed by atoms with van der Waals surface area (Å²) < 4.78 is 0. The van der Waals surface area contributed by atoms with Crippen molar-refractivity contribution in [2.24, 2.45) is 34.5 Å². The van der Waals surface area contributed by atoms with Crippen LogP contribution in [0.2, 0.25) is 0 Å². The van der Waals surface area contributed by atoms with Crippen LogP contribution in [0.15, 0.2) is 12.2 Å². The van der Waals surface area contributed by atoms with Gasteiger partial charge in [-0.25, -0.2) is 0 Å². The number of carbonyl (C=O) groups excluding carboxylic acids is 2. The van der Waals surface area contributed by atoms with Gasteiger partial charge in [-0.05, 0) is 61.3 Å². The Kier molecular flexibility index (Phi) is 3.28. The number of Topliss-reactive ketones (excluding diaryl/α,β-unsaturated/α-hetero) is 1. The van der Waals surface area contributed by atoms with E-state index in [0.717, 1.165) is 18.8 Å². The normalized spacial score (nSPS) is 53.9. The van der Waals surface area contributed by atoms with Crippen molar-refractivity contribution in [3.63, 3.8) is 0 Å². The molecule has 22 heavy (non-hydrogen) atoms. The van der Waals surface area contributed by atoms with Crippen LogP contribution in [0.25, 0.3) is 0 Å². The second kappa shape index (κ2) is 4.78. The van der Waals surface area contributed by atoms with Gasteiger partial charge in [0.2, 0.25) is 11.6 Å². The molecule has 0 aromatic rings. The fourth-order valence-electron chi connectivity index (χ4n) is 6.56. The predicted octanol–water partition coefficient (Wildman–Crippen LogP) is 4.32. The summed E-state index contributed by atoms with van der Waals surface area (Å²) in [6, 6.07) is 0. The summed E-state index contributed by atoms with van der Waals surface area (Å²) in [5, 5.41) is 0. The van der Waals surface area contributed by atoms with Crippen LogP contribution in [0.5, 0.6) is 0 Å². The molecule has 3 saturated carbocycles. The van der Waals surface area contributed by atoms with Crippen LogP contribution in [0.1, 0.15) is 52.4 Å². The third-order valence-electron chi connectivity index (χ3n) is 7.74. The molecular weight excluding hydrogens is 340 g/mol. The van der Waals surface area contributed by atoms with Gasteiger partial charge in [-0.2, -0.15) is 0 Å². The van der Waals surface area contributed by atoms with Crippen LogP contribution in [0.4, 0.5) is 0 Å². The largest absolute Gasteiger partial charge is 0.290 e. The summed E-state index contributed by atoms with van der Waals surface area (Å²) in [6.45, 7) is 4.55. The summed E-state index contributed by atoms with van der Waals surface area (Å²) in [5.41, 5.74) is 0.00147. The average molecular weight is 365 g/mol. The highest BCUT2D eigenvalue weighted by Crippen LogP contribution is 2.65. The highest BCUT2D eigenvalue weighted by atomic mass is 79.9. The Bertz CT molecular complexity index is 568. The van der Waals surface area contributed by atoms with Crippen molar-refractivity contribution in [3.8, 4) is 0 Å². The Hall–Kier alpha value is -0.440. The number of allylic oxidation sites excluding steroid dienone is 2. The summed E-state index contributed by atoms with van der Waals surface area (Å²) >= 11 is 3.87. The van der Waals surface area contributed by atoms with Gasteiger partial charge >= 0.3 is 0 Å². The predicted molar refractivity (Wildman–Crippen MR) is 89.7 cm³/mol. The van der Waals surface area contributed by atoms with Gasteiger partial charge in [-0.1, -0.05) is 42.3 Å². The van der Waals surface area contributed by atoms with E-state index in [2.05, 4.69) is 29.8 Å². The number of halogens is 1. The third-order valence-corrected chi connectivity index (χ3v) is 8.68. The molecule has 0 spiro atoms. The summed E-state index contributed by atoms with van der Waals surface area (Å²) in [6.07, 6.45) is 11.1. The first kappa shape index (κ1) is 15.1. The molecule has 0 saturated heterocycles. The van der Waals surface area contributed by atoms with E-state index in [-0.39, 0.29) is 17.5 Å². The Labute approximate surface area is 141 Å². The van der Waals surface area contributed by atoms with Crippen molar-refractivity contribution in [3.05, 3.63) is 12.2 Å². The molecule has 0 aliphatic heterocycles. The van der Waals surface area contributed by atoms with Crippen LogP contribution in [0, 0.1) is 34.5 Å². The van der Waals surface area contributed by atoms with Crippen LogP contribution in [0.3, 0.4) is 0 Å². The summed E-state index contributed by atoms with van der Waals surface area (Å²) in [4.78, 5) is 25.2. The number of carbonyl (C=O) groups is 2. The minimum absolute atomic E-state index is 0.124. The monoisotopic (exact) mass is 364 g/mol. The molecule has 0 N–H and O–H groups in total. The SMILES string of the molecule is C[C@@]12CCC[C@H]1[C@@H]1CC(Br)C3C=CC(=O)C(=O)[C@]3(C)[C@H]1CC2. The van der Waals surface area contributed by atoms with Crippen LogP contribution in [-0.2, 0) is 9.59 Å². The van der Waals surface area contributed by atoms with Crippen molar-refractivity contribution >= 4 is 27.5 Å².